The van der Waals surface area contributed by atoms with Gasteiger partial charge < -0.3 is 15.3 Å². The van der Waals surface area contributed by atoms with Crippen molar-refractivity contribution in [3.63, 3.8) is 0 Å². The second-order valence-corrected chi connectivity index (χ2v) is 5.63. The lowest BCUT2D eigenvalue weighted by Gasteiger charge is -2.42. The molecule has 1 atom stereocenters. The lowest BCUT2D eigenvalue weighted by atomic mass is 9.87. The van der Waals surface area contributed by atoms with Gasteiger partial charge >= 0.3 is 0 Å². The third-order valence-electron chi connectivity index (χ3n) is 4.59. The van der Waals surface area contributed by atoms with Crippen LogP contribution < -0.4 is 5.32 Å². The summed E-state index contributed by atoms with van der Waals surface area (Å²) >= 11 is 0. The smallest absolute Gasteiger partial charge is 0.243 e. The average molecular weight is 254 g/mol. The summed E-state index contributed by atoms with van der Waals surface area (Å²) in [5.41, 5.74) is -0.314. The molecule has 104 valence electrons. The van der Waals surface area contributed by atoms with Crippen LogP contribution in [0.15, 0.2) is 0 Å². The van der Waals surface area contributed by atoms with Crippen LogP contribution in [0.2, 0.25) is 0 Å². The van der Waals surface area contributed by atoms with Crippen LogP contribution >= 0.6 is 0 Å². The van der Waals surface area contributed by atoms with E-state index in [1.807, 2.05) is 4.90 Å². The Morgan fingerprint density at radius 2 is 2.22 bits per heavy atom. The molecule has 0 aromatic heterocycles. The molecule has 2 rings (SSSR count). The highest BCUT2D eigenvalue weighted by atomic mass is 16.3. The molecule has 0 radical (unpaired) electrons. The molecule has 18 heavy (non-hydrogen) atoms. The summed E-state index contributed by atoms with van der Waals surface area (Å²) in [6.45, 7) is 3.94. The van der Waals surface area contributed by atoms with Gasteiger partial charge in [-0.15, -0.1) is 0 Å². The Labute approximate surface area is 110 Å². The van der Waals surface area contributed by atoms with Crippen LogP contribution in [0.3, 0.4) is 0 Å². The summed E-state index contributed by atoms with van der Waals surface area (Å²) in [6.07, 6.45) is 7.13. The number of aliphatic hydroxyl groups is 1. The van der Waals surface area contributed by atoms with Gasteiger partial charge in [0.05, 0.1) is 5.54 Å². The first kappa shape index (κ1) is 13.8. The highest BCUT2D eigenvalue weighted by Crippen LogP contribution is 2.31. The number of carbonyl (C=O) groups is 1. The lowest BCUT2D eigenvalue weighted by Crippen LogP contribution is -2.58. The fraction of sp³-hybridized carbons (Fsp3) is 0.929. The maximum atomic E-state index is 12.8. The number of nitrogens with zero attached hydrogens (tertiary/aromatic N) is 1. The van der Waals surface area contributed by atoms with Gasteiger partial charge in [0.1, 0.15) is 0 Å². The van der Waals surface area contributed by atoms with Gasteiger partial charge in [-0.2, -0.15) is 0 Å². The molecule has 2 aliphatic rings. The van der Waals surface area contributed by atoms with Gasteiger partial charge in [0.15, 0.2) is 0 Å². The number of amides is 1. The van der Waals surface area contributed by atoms with Gasteiger partial charge in [-0.25, -0.2) is 0 Å². The second kappa shape index (κ2) is 6.02. The Bertz CT molecular complexity index is 284. The predicted molar refractivity (Wildman–Crippen MR) is 71.3 cm³/mol. The van der Waals surface area contributed by atoms with E-state index in [-0.39, 0.29) is 18.1 Å². The van der Waals surface area contributed by atoms with E-state index < -0.39 is 0 Å². The molecule has 1 saturated carbocycles. The first-order valence-electron chi connectivity index (χ1n) is 7.40. The predicted octanol–water partition coefficient (Wildman–Crippen LogP) is 1.28. The van der Waals surface area contributed by atoms with E-state index in [4.69, 9.17) is 5.11 Å². The zero-order chi connectivity index (χ0) is 13.0. The highest BCUT2D eigenvalue weighted by molar-refractivity contribution is 5.87. The van der Waals surface area contributed by atoms with E-state index in [1.165, 1.54) is 6.42 Å². The second-order valence-electron chi connectivity index (χ2n) is 5.63. The van der Waals surface area contributed by atoms with Crippen molar-refractivity contribution >= 4 is 5.91 Å². The summed E-state index contributed by atoms with van der Waals surface area (Å²) in [7, 11) is 0. The normalized spacial score (nSPS) is 28.1. The summed E-state index contributed by atoms with van der Waals surface area (Å²) in [4.78, 5) is 14.9. The SMILES string of the molecule is CCC1(C(=O)N(CCCO)C2CCC2)CCCN1. The minimum atomic E-state index is -0.314. The van der Waals surface area contributed by atoms with E-state index in [2.05, 4.69) is 12.2 Å². The van der Waals surface area contributed by atoms with E-state index in [0.717, 1.165) is 38.6 Å². The minimum Gasteiger partial charge on any atom is -0.396 e. The largest absolute Gasteiger partial charge is 0.396 e. The number of rotatable bonds is 6. The van der Waals surface area contributed by atoms with Crippen LogP contribution in [-0.4, -0.2) is 47.2 Å². The van der Waals surface area contributed by atoms with Crippen LogP contribution in [0.5, 0.6) is 0 Å². The molecule has 1 heterocycles. The van der Waals surface area contributed by atoms with E-state index in [9.17, 15) is 4.79 Å². The molecule has 1 saturated heterocycles. The summed E-state index contributed by atoms with van der Waals surface area (Å²) in [5, 5.41) is 12.4. The van der Waals surface area contributed by atoms with Crippen molar-refractivity contribution in [2.45, 2.75) is 63.5 Å². The summed E-state index contributed by atoms with van der Waals surface area (Å²) in [6, 6.07) is 0.426. The quantitative estimate of drug-likeness (QED) is 0.751. The van der Waals surface area contributed by atoms with E-state index in [0.29, 0.717) is 19.0 Å². The van der Waals surface area contributed by atoms with Crippen LogP contribution in [0.4, 0.5) is 0 Å². The number of hydrogen-bond donors (Lipinski definition) is 2. The zero-order valence-electron chi connectivity index (χ0n) is 11.5. The molecule has 1 aliphatic carbocycles. The molecule has 1 unspecified atom stereocenters. The van der Waals surface area contributed by atoms with Crippen molar-refractivity contribution in [2.75, 3.05) is 19.7 Å². The molecule has 1 amide bonds. The standard InChI is InChI=1S/C14H26N2O2/c1-2-14(8-4-9-15-14)13(18)16(10-5-11-17)12-6-3-7-12/h12,15,17H,2-11H2,1H3. The number of aliphatic hydroxyl groups excluding tert-OH is 1. The van der Waals surface area contributed by atoms with Crippen molar-refractivity contribution < 1.29 is 9.90 Å². The third-order valence-corrected chi connectivity index (χ3v) is 4.59. The van der Waals surface area contributed by atoms with Crippen LogP contribution in [-0.2, 0) is 4.79 Å². The first-order chi connectivity index (χ1) is 8.73. The van der Waals surface area contributed by atoms with Crippen LogP contribution in [0, 0.1) is 0 Å². The molecule has 2 fully saturated rings. The molecule has 2 N–H and O–H groups in total. The molecular weight excluding hydrogens is 228 g/mol. The summed E-state index contributed by atoms with van der Waals surface area (Å²) in [5.74, 6) is 0.278. The molecule has 0 aromatic rings. The van der Waals surface area contributed by atoms with E-state index in [1.54, 1.807) is 0 Å². The molecular formula is C14H26N2O2. The first-order valence-corrected chi connectivity index (χ1v) is 7.40. The molecule has 4 heteroatoms. The zero-order valence-corrected chi connectivity index (χ0v) is 11.5. The fourth-order valence-electron chi connectivity index (χ4n) is 3.11. The molecule has 0 spiro atoms. The lowest BCUT2D eigenvalue weighted by molar-refractivity contribution is -0.142. The Morgan fingerprint density at radius 1 is 1.44 bits per heavy atom. The van der Waals surface area contributed by atoms with Crippen LogP contribution in [0.25, 0.3) is 0 Å². The van der Waals surface area contributed by atoms with Gasteiger partial charge in [-0.05, 0) is 51.5 Å². The maximum absolute atomic E-state index is 12.8. The number of carbonyl (C=O) groups excluding carboxylic acids is 1. The van der Waals surface area contributed by atoms with Crippen molar-refractivity contribution in [1.29, 1.82) is 0 Å². The van der Waals surface area contributed by atoms with Crippen molar-refractivity contribution in [3.8, 4) is 0 Å². The van der Waals surface area contributed by atoms with Gasteiger partial charge in [-0.1, -0.05) is 6.92 Å². The maximum Gasteiger partial charge on any atom is 0.243 e. The molecule has 1 aliphatic heterocycles. The van der Waals surface area contributed by atoms with Crippen molar-refractivity contribution in [2.24, 2.45) is 0 Å². The van der Waals surface area contributed by atoms with Crippen molar-refractivity contribution in [1.82, 2.24) is 10.2 Å². The van der Waals surface area contributed by atoms with E-state index >= 15 is 0 Å². The van der Waals surface area contributed by atoms with Gasteiger partial charge in [0, 0.05) is 19.2 Å². The highest BCUT2D eigenvalue weighted by Gasteiger charge is 2.44. The molecule has 4 nitrogen and oxygen atoms in total. The van der Waals surface area contributed by atoms with Crippen LogP contribution in [0.1, 0.15) is 51.9 Å². The monoisotopic (exact) mass is 254 g/mol. The number of hydrogen-bond acceptors (Lipinski definition) is 3. The van der Waals surface area contributed by atoms with Gasteiger partial charge in [-0.3, -0.25) is 4.79 Å². The fourth-order valence-corrected chi connectivity index (χ4v) is 3.11. The molecule has 0 aromatic carbocycles. The topological polar surface area (TPSA) is 52.6 Å². The number of nitrogens with one attached hydrogen (secondary N) is 1. The Hall–Kier alpha value is -0.610. The van der Waals surface area contributed by atoms with Gasteiger partial charge in [0.2, 0.25) is 5.91 Å². The summed E-state index contributed by atoms with van der Waals surface area (Å²) < 4.78 is 0. The average Bonchev–Trinajstić information content (AvgIpc) is 2.81. The van der Waals surface area contributed by atoms with Crippen molar-refractivity contribution in [3.05, 3.63) is 0 Å². The minimum absolute atomic E-state index is 0.170. The Morgan fingerprint density at radius 3 is 2.67 bits per heavy atom. The Kier molecular flexibility index (Phi) is 4.62. The third kappa shape index (κ3) is 2.54. The molecule has 0 bridgehead atoms. The Balaban J connectivity index is 2.05. The van der Waals surface area contributed by atoms with Gasteiger partial charge in [0.25, 0.3) is 0 Å².